The molecular weight excluding hydrogens is 252 g/mol. The fraction of sp³-hybridized carbons (Fsp3) is 0.0588. The van der Waals surface area contributed by atoms with Crippen LogP contribution in [-0.2, 0) is 11.2 Å². The number of ketones is 1. The molecule has 0 unspecified atom stereocenters. The second-order valence-corrected chi connectivity index (χ2v) is 4.74. The SMILES string of the molecule is O=C(O)C=CC(=O)c1ccc2c(c1)Cc1ccccc1-2. The molecule has 0 aliphatic heterocycles. The summed E-state index contributed by atoms with van der Waals surface area (Å²) in [4.78, 5) is 22.3. The van der Waals surface area contributed by atoms with Crippen LogP contribution >= 0.6 is 0 Å². The zero-order chi connectivity index (χ0) is 14.1. The highest BCUT2D eigenvalue weighted by molar-refractivity contribution is 6.07. The van der Waals surface area contributed by atoms with Gasteiger partial charge in [-0.25, -0.2) is 4.79 Å². The largest absolute Gasteiger partial charge is 0.478 e. The maximum absolute atomic E-state index is 11.9. The zero-order valence-corrected chi connectivity index (χ0v) is 10.7. The number of fused-ring (bicyclic) bond motifs is 3. The van der Waals surface area contributed by atoms with Gasteiger partial charge in [0.1, 0.15) is 0 Å². The van der Waals surface area contributed by atoms with Gasteiger partial charge in [-0.2, -0.15) is 0 Å². The van der Waals surface area contributed by atoms with Crippen LogP contribution in [0.15, 0.2) is 54.6 Å². The molecule has 0 heterocycles. The van der Waals surface area contributed by atoms with Crippen LogP contribution in [0.4, 0.5) is 0 Å². The van der Waals surface area contributed by atoms with Gasteiger partial charge in [-0.05, 0) is 40.8 Å². The van der Waals surface area contributed by atoms with Crippen LogP contribution in [0.3, 0.4) is 0 Å². The van der Waals surface area contributed by atoms with Crippen molar-refractivity contribution >= 4 is 11.8 Å². The third-order valence-electron chi connectivity index (χ3n) is 3.46. The second kappa shape index (κ2) is 4.78. The first kappa shape index (κ1) is 12.4. The van der Waals surface area contributed by atoms with Crippen molar-refractivity contribution in [3.8, 4) is 11.1 Å². The quantitative estimate of drug-likeness (QED) is 0.584. The lowest BCUT2D eigenvalue weighted by atomic mass is 10.0. The first-order valence-corrected chi connectivity index (χ1v) is 6.32. The Balaban J connectivity index is 1.95. The van der Waals surface area contributed by atoms with Crippen LogP contribution in [0, 0.1) is 0 Å². The molecule has 0 bridgehead atoms. The van der Waals surface area contributed by atoms with E-state index < -0.39 is 5.97 Å². The van der Waals surface area contributed by atoms with E-state index in [1.807, 2.05) is 24.3 Å². The average Bonchev–Trinajstić information content (AvgIpc) is 2.82. The normalized spacial score (nSPS) is 12.2. The van der Waals surface area contributed by atoms with E-state index in [9.17, 15) is 9.59 Å². The van der Waals surface area contributed by atoms with Crippen molar-refractivity contribution in [1.82, 2.24) is 0 Å². The zero-order valence-electron chi connectivity index (χ0n) is 10.7. The Bertz CT molecular complexity index is 742. The smallest absolute Gasteiger partial charge is 0.328 e. The molecule has 3 nitrogen and oxygen atoms in total. The molecule has 2 aromatic rings. The van der Waals surface area contributed by atoms with Gasteiger partial charge in [0.15, 0.2) is 5.78 Å². The van der Waals surface area contributed by atoms with Crippen LogP contribution in [-0.4, -0.2) is 16.9 Å². The first-order chi connectivity index (χ1) is 9.65. The van der Waals surface area contributed by atoms with Crippen molar-refractivity contribution in [2.45, 2.75) is 6.42 Å². The van der Waals surface area contributed by atoms with E-state index in [0.717, 1.165) is 29.7 Å². The van der Waals surface area contributed by atoms with Gasteiger partial charge in [0.25, 0.3) is 0 Å². The average molecular weight is 264 g/mol. The minimum atomic E-state index is -1.12. The number of rotatable bonds is 3. The molecule has 1 aliphatic rings. The summed E-state index contributed by atoms with van der Waals surface area (Å²) in [5.74, 6) is -1.40. The lowest BCUT2D eigenvalue weighted by Crippen LogP contribution is -1.97. The van der Waals surface area contributed by atoms with Crippen molar-refractivity contribution in [1.29, 1.82) is 0 Å². The number of hydrogen-bond donors (Lipinski definition) is 1. The maximum atomic E-state index is 11.9. The first-order valence-electron chi connectivity index (χ1n) is 6.32. The van der Waals surface area contributed by atoms with Gasteiger partial charge in [0.05, 0.1) is 0 Å². The van der Waals surface area contributed by atoms with Gasteiger partial charge in [-0.1, -0.05) is 36.4 Å². The number of carboxylic acid groups (broad SMARTS) is 1. The molecule has 1 aliphatic carbocycles. The summed E-state index contributed by atoms with van der Waals surface area (Å²) < 4.78 is 0. The number of aliphatic carboxylic acids is 1. The van der Waals surface area contributed by atoms with E-state index in [1.165, 1.54) is 11.1 Å². The summed E-state index contributed by atoms with van der Waals surface area (Å²) in [6.45, 7) is 0. The van der Waals surface area contributed by atoms with Crippen LogP contribution in [0.5, 0.6) is 0 Å². The van der Waals surface area contributed by atoms with Gasteiger partial charge in [-0.3, -0.25) is 4.79 Å². The predicted molar refractivity (Wildman–Crippen MR) is 75.8 cm³/mol. The second-order valence-electron chi connectivity index (χ2n) is 4.74. The lowest BCUT2D eigenvalue weighted by Gasteiger charge is -2.02. The summed E-state index contributed by atoms with van der Waals surface area (Å²) in [5, 5.41) is 8.54. The Kier molecular flexibility index (Phi) is 2.95. The van der Waals surface area contributed by atoms with Crippen molar-refractivity contribution in [3.05, 3.63) is 71.3 Å². The fourth-order valence-corrected chi connectivity index (χ4v) is 2.54. The number of benzene rings is 2. The van der Waals surface area contributed by atoms with E-state index in [4.69, 9.17) is 5.11 Å². The number of carboxylic acids is 1. The maximum Gasteiger partial charge on any atom is 0.328 e. The van der Waals surface area contributed by atoms with Crippen LogP contribution in [0.25, 0.3) is 11.1 Å². The number of hydrogen-bond acceptors (Lipinski definition) is 2. The summed E-state index contributed by atoms with van der Waals surface area (Å²) in [6.07, 6.45) is 2.77. The Morgan fingerprint density at radius 3 is 2.50 bits per heavy atom. The molecule has 0 fully saturated rings. The molecular formula is C17H12O3. The molecule has 1 N–H and O–H groups in total. The monoisotopic (exact) mass is 264 g/mol. The molecule has 0 aromatic heterocycles. The topological polar surface area (TPSA) is 54.4 Å². The fourth-order valence-electron chi connectivity index (χ4n) is 2.54. The summed E-state index contributed by atoms with van der Waals surface area (Å²) in [7, 11) is 0. The lowest BCUT2D eigenvalue weighted by molar-refractivity contribution is -0.131. The number of allylic oxidation sites excluding steroid dienone is 1. The molecule has 0 saturated heterocycles. The summed E-state index contributed by atoms with van der Waals surface area (Å²) in [5.41, 5.74) is 5.25. The Labute approximate surface area is 116 Å². The van der Waals surface area contributed by atoms with Crippen LogP contribution in [0.2, 0.25) is 0 Å². The summed E-state index contributed by atoms with van der Waals surface area (Å²) >= 11 is 0. The number of carbonyl (C=O) groups is 2. The van der Waals surface area contributed by atoms with Gasteiger partial charge in [-0.15, -0.1) is 0 Å². The minimum absolute atomic E-state index is 0.286. The molecule has 3 heteroatoms. The van der Waals surface area contributed by atoms with Gasteiger partial charge >= 0.3 is 5.97 Å². The highest BCUT2D eigenvalue weighted by Crippen LogP contribution is 2.36. The van der Waals surface area contributed by atoms with Gasteiger partial charge in [0, 0.05) is 11.6 Å². The standard InChI is InChI=1S/C17H12O3/c18-16(7-8-17(19)20)12-5-6-15-13(10-12)9-11-3-1-2-4-14(11)15/h1-8,10H,9H2,(H,19,20). The Morgan fingerprint density at radius 1 is 0.950 bits per heavy atom. The van der Waals surface area contributed by atoms with Gasteiger partial charge < -0.3 is 5.11 Å². The van der Waals surface area contributed by atoms with Crippen molar-refractivity contribution < 1.29 is 14.7 Å². The molecule has 0 atom stereocenters. The van der Waals surface area contributed by atoms with Crippen LogP contribution < -0.4 is 0 Å². The van der Waals surface area contributed by atoms with E-state index in [1.54, 1.807) is 6.07 Å². The molecule has 20 heavy (non-hydrogen) atoms. The molecule has 0 saturated carbocycles. The molecule has 0 spiro atoms. The third kappa shape index (κ3) is 2.14. The minimum Gasteiger partial charge on any atom is -0.478 e. The highest BCUT2D eigenvalue weighted by Gasteiger charge is 2.18. The Morgan fingerprint density at radius 2 is 1.70 bits per heavy atom. The molecule has 98 valence electrons. The third-order valence-corrected chi connectivity index (χ3v) is 3.46. The molecule has 0 amide bonds. The van der Waals surface area contributed by atoms with Crippen molar-refractivity contribution in [2.75, 3.05) is 0 Å². The van der Waals surface area contributed by atoms with E-state index in [2.05, 4.69) is 12.1 Å². The highest BCUT2D eigenvalue weighted by atomic mass is 16.4. The molecule has 3 rings (SSSR count). The van der Waals surface area contributed by atoms with E-state index >= 15 is 0 Å². The summed E-state index contributed by atoms with van der Waals surface area (Å²) in [6, 6.07) is 13.7. The van der Waals surface area contributed by atoms with E-state index in [0.29, 0.717) is 5.56 Å². The Hall–Kier alpha value is -2.68. The number of carbonyl (C=O) groups excluding carboxylic acids is 1. The molecule has 2 aromatic carbocycles. The van der Waals surface area contributed by atoms with Crippen molar-refractivity contribution in [2.24, 2.45) is 0 Å². The van der Waals surface area contributed by atoms with Crippen LogP contribution in [0.1, 0.15) is 21.5 Å². The predicted octanol–water partition coefficient (Wildman–Crippen LogP) is 3.08. The van der Waals surface area contributed by atoms with E-state index in [-0.39, 0.29) is 5.78 Å². The van der Waals surface area contributed by atoms with Crippen molar-refractivity contribution in [3.63, 3.8) is 0 Å². The molecule has 0 radical (unpaired) electrons. The van der Waals surface area contributed by atoms with Gasteiger partial charge in [0.2, 0.25) is 0 Å².